The molecule has 0 bridgehead atoms. The van der Waals surface area contributed by atoms with Crippen molar-refractivity contribution < 1.29 is 24.3 Å². The molecule has 4 N–H and O–H groups in total. The number of carbonyl (C=O) groups is 4. The summed E-state index contributed by atoms with van der Waals surface area (Å²) < 4.78 is 0. The summed E-state index contributed by atoms with van der Waals surface area (Å²) in [5.74, 6) is -2.58. The molecule has 0 heterocycles. The molecule has 3 amide bonds. The first-order chi connectivity index (χ1) is 16.4. The van der Waals surface area contributed by atoms with Gasteiger partial charge >= 0.3 is 5.97 Å². The molecule has 0 unspecified atom stereocenters. The number of amides is 3. The molecule has 0 aliphatic carbocycles. The second-order valence-corrected chi connectivity index (χ2v) is 7.58. The Morgan fingerprint density at radius 3 is 1.47 bits per heavy atom. The van der Waals surface area contributed by atoms with E-state index in [1.54, 1.807) is 91.0 Å². The van der Waals surface area contributed by atoms with Crippen molar-refractivity contribution in [3.8, 4) is 0 Å². The highest BCUT2D eigenvalue weighted by molar-refractivity contribution is 5.97. The lowest BCUT2D eigenvalue weighted by molar-refractivity contribution is -0.139. The van der Waals surface area contributed by atoms with Gasteiger partial charge in [0.05, 0.1) is 0 Å². The summed E-state index contributed by atoms with van der Waals surface area (Å²) in [5, 5.41) is 17.7. The van der Waals surface area contributed by atoms with E-state index < -0.39 is 29.9 Å². The van der Waals surface area contributed by atoms with Gasteiger partial charge in [0.1, 0.15) is 6.04 Å². The van der Waals surface area contributed by atoms with Crippen LogP contribution in [0, 0.1) is 0 Å². The Morgan fingerprint density at radius 1 is 0.618 bits per heavy atom. The average Bonchev–Trinajstić information content (AvgIpc) is 2.87. The van der Waals surface area contributed by atoms with E-state index in [4.69, 9.17) is 0 Å². The van der Waals surface area contributed by atoms with Crippen LogP contribution in [0.3, 0.4) is 0 Å². The van der Waals surface area contributed by atoms with Crippen molar-refractivity contribution in [3.63, 3.8) is 0 Å². The number of rotatable bonds is 10. The van der Waals surface area contributed by atoms with E-state index in [9.17, 15) is 24.3 Å². The fourth-order valence-electron chi connectivity index (χ4n) is 3.30. The van der Waals surface area contributed by atoms with Crippen LogP contribution in [-0.4, -0.2) is 47.4 Å². The van der Waals surface area contributed by atoms with Crippen LogP contribution in [0.25, 0.3) is 0 Å². The van der Waals surface area contributed by atoms with Crippen molar-refractivity contribution in [1.82, 2.24) is 16.0 Å². The third kappa shape index (κ3) is 7.03. The number of aliphatic carboxylic acids is 1. The summed E-state index contributed by atoms with van der Waals surface area (Å²) >= 11 is 0. The first-order valence-electron chi connectivity index (χ1n) is 10.7. The number of carboxylic acids is 1. The minimum atomic E-state index is -1.29. The van der Waals surface area contributed by atoms with E-state index in [0.717, 1.165) is 0 Å². The maximum absolute atomic E-state index is 12.7. The maximum atomic E-state index is 12.7. The Hall–Kier alpha value is -4.46. The lowest BCUT2D eigenvalue weighted by atomic mass is 10.0. The second kappa shape index (κ2) is 12.0. The summed E-state index contributed by atoms with van der Waals surface area (Å²) in [6, 6.07) is 23.2. The van der Waals surface area contributed by atoms with Crippen molar-refractivity contribution >= 4 is 23.7 Å². The van der Waals surface area contributed by atoms with Crippen LogP contribution in [0.1, 0.15) is 37.5 Å². The smallest absolute Gasteiger partial charge is 0.326 e. The number of nitrogens with one attached hydrogen (secondary N) is 3. The first-order valence-corrected chi connectivity index (χ1v) is 10.7. The van der Waals surface area contributed by atoms with Crippen molar-refractivity contribution in [3.05, 3.63) is 108 Å². The van der Waals surface area contributed by atoms with E-state index in [0.29, 0.717) is 16.7 Å². The van der Waals surface area contributed by atoms with Gasteiger partial charge in [0, 0.05) is 35.7 Å². The Morgan fingerprint density at radius 2 is 1.03 bits per heavy atom. The van der Waals surface area contributed by atoms with Gasteiger partial charge in [0.15, 0.2) is 0 Å². The van der Waals surface area contributed by atoms with Crippen LogP contribution < -0.4 is 16.0 Å². The van der Waals surface area contributed by atoms with Gasteiger partial charge in [-0.25, -0.2) is 4.79 Å². The largest absolute Gasteiger partial charge is 0.480 e. The molecule has 0 spiro atoms. The zero-order valence-corrected chi connectivity index (χ0v) is 18.3. The number of hydrogen-bond donors (Lipinski definition) is 4. The maximum Gasteiger partial charge on any atom is 0.326 e. The molecule has 174 valence electrons. The van der Waals surface area contributed by atoms with Gasteiger partial charge < -0.3 is 21.1 Å². The monoisotopic (exact) mass is 459 g/mol. The van der Waals surface area contributed by atoms with Crippen LogP contribution in [0.15, 0.2) is 91.0 Å². The number of carbonyl (C=O) groups excluding carboxylic acids is 3. The molecule has 0 aromatic heterocycles. The average molecular weight is 460 g/mol. The zero-order valence-electron chi connectivity index (χ0n) is 18.3. The van der Waals surface area contributed by atoms with Crippen LogP contribution >= 0.6 is 0 Å². The Kier molecular flexibility index (Phi) is 8.51. The van der Waals surface area contributed by atoms with Gasteiger partial charge in [-0.15, -0.1) is 0 Å². The minimum absolute atomic E-state index is 0.0305. The quantitative estimate of drug-likeness (QED) is 0.371. The molecule has 0 fully saturated rings. The van der Waals surface area contributed by atoms with Crippen LogP contribution in [0.5, 0.6) is 0 Å². The summed E-state index contributed by atoms with van der Waals surface area (Å²) in [4.78, 5) is 49.6. The summed E-state index contributed by atoms with van der Waals surface area (Å²) in [7, 11) is 0. The standard InChI is InChI=1S/C26H25N3O5/c30-23(18-10-4-1-5-11-18)27-17-21(28-24(31)19-12-6-2-7-13-19)16-22(26(33)34)29-25(32)20-14-8-3-9-15-20/h1-15,21-22H,16-17H2,(H,27,30)(H,28,31)(H,29,32)(H,33,34)/t21-,22+/m1/s1. The molecule has 3 aromatic carbocycles. The molecular weight excluding hydrogens is 434 g/mol. The highest BCUT2D eigenvalue weighted by Crippen LogP contribution is 2.07. The van der Waals surface area contributed by atoms with Crippen LogP contribution in [-0.2, 0) is 4.79 Å². The minimum Gasteiger partial charge on any atom is -0.480 e. The van der Waals surface area contributed by atoms with Gasteiger partial charge in [0.2, 0.25) is 0 Å². The van der Waals surface area contributed by atoms with Crippen molar-refractivity contribution in [2.24, 2.45) is 0 Å². The highest BCUT2D eigenvalue weighted by atomic mass is 16.4. The second-order valence-electron chi connectivity index (χ2n) is 7.58. The normalized spacial score (nSPS) is 12.1. The summed E-state index contributed by atoms with van der Waals surface area (Å²) in [6.45, 7) is -0.0305. The van der Waals surface area contributed by atoms with E-state index >= 15 is 0 Å². The van der Waals surface area contributed by atoms with Crippen molar-refractivity contribution in [2.45, 2.75) is 18.5 Å². The van der Waals surface area contributed by atoms with Crippen molar-refractivity contribution in [1.29, 1.82) is 0 Å². The Labute approximate surface area is 197 Å². The number of benzene rings is 3. The lowest BCUT2D eigenvalue weighted by Gasteiger charge is -2.23. The molecule has 0 saturated heterocycles. The van der Waals surface area contributed by atoms with Gasteiger partial charge in [0.25, 0.3) is 17.7 Å². The summed E-state index contributed by atoms with van der Waals surface area (Å²) in [6.07, 6.45) is -0.137. The third-order valence-electron chi connectivity index (χ3n) is 5.08. The van der Waals surface area contributed by atoms with Gasteiger partial charge in [-0.3, -0.25) is 14.4 Å². The molecule has 0 radical (unpaired) electrons. The van der Waals surface area contributed by atoms with E-state index in [-0.39, 0.29) is 18.9 Å². The molecule has 0 saturated carbocycles. The molecule has 3 aromatic rings. The Bertz CT molecular complexity index is 1120. The fourth-order valence-corrected chi connectivity index (χ4v) is 3.30. The molecular formula is C26H25N3O5. The lowest BCUT2D eigenvalue weighted by Crippen LogP contribution is -2.50. The SMILES string of the molecule is O=C(NC[C@@H](C[C@H](NC(=O)c1ccccc1)C(=O)O)NC(=O)c1ccccc1)c1ccccc1. The molecule has 8 nitrogen and oxygen atoms in total. The fraction of sp³-hybridized carbons (Fsp3) is 0.154. The van der Waals surface area contributed by atoms with Crippen molar-refractivity contribution in [2.75, 3.05) is 6.54 Å². The molecule has 34 heavy (non-hydrogen) atoms. The molecule has 2 atom stereocenters. The zero-order chi connectivity index (χ0) is 24.3. The number of hydrogen-bond acceptors (Lipinski definition) is 4. The Balaban J connectivity index is 1.73. The molecule has 0 aliphatic heterocycles. The van der Waals surface area contributed by atoms with Gasteiger partial charge in [-0.1, -0.05) is 54.6 Å². The van der Waals surface area contributed by atoms with Crippen LogP contribution in [0.2, 0.25) is 0 Å². The number of carboxylic acid groups (broad SMARTS) is 1. The first kappa shape index (κ1) is 24.2. The molecule has 0 aliphatic rings. The predicted octanol–water partition coefficient (Wildman–Crippen LogP) is 2.49. The molecule has 8 heteroatoms. The van der Waals surface area contributed by atoms with Gasteiger partial charge in [-0.2, -0.15) is 0 Å². The van der Waals surface area contributed by atoms with Crippen LogP contribution in [0.4, 0.5) is 0 Å². The topological polar surface area (TPSA) is 125 Å². The predicted molar refractivity (Wildman–Crippen MR) is 126 cm³/mol. The third-order valence-corrected chi connectivity index (χ3v) is 5.08. The van der Waals surface area contributed by atoms with E-state index in [1.807, 2.05) is 0 Å². The van der Waals surface area contributed by atoms with Gasteiger partial charge in [-0.05, 0) is 36.4 Å². The van der Waals surface area contributed by atoms with E-state index in [2.05, 4.69) is 16.0 Å². The molecule has 3 rings (SSSR count). The summed E-state index contributed by atoms with van der Waals surface area (Å²) in [5.41, 5.74) is 1.14. The highest BCUT2D eigenvalue weighted by Gasteiger charge is 2.26. The van der Waals surface area contributed by atoms with E-state index in [1.165, 1.54) is 0 Å².